The first-order valence-corrected chi connectivity index (χ1v) is 3.91. The zero-order valence-electron chi connectivity index (χ0n) is 6.21. The molecule has 3 rings (SSSR count). The number of hydrogen-bond acceptors (Lipinski definition) is 1. The van der Waals surface area contributed by atoms with Gasteiger partial charge in [0.05, 0.1) is 0 Å². The maximum Gasteiger partial charge on any atom is 0.113 e. The first kappa shape index (κ1) is 5.78. The average Bonchev–Trinajstić information content (AvgIpc) is 2.56. The van der Waals surface area contributed by atoms with E-state index >= 15 is 0 Å². The third kappa shape index (κ3) is 0.596. The van der Waals surface area contributed by atoms with Crippen LogP contribution in [-0.4, -0.2) is 5.60 Å². The highest BCUT2D eigenvalue weighted by atomic mass is 16.6. The standard InChI is InChI=1S/C10H9O/c1-10-6-7-4-2-3-5-8(7)9(10)11-10/h2-5,9H,1,6H2. The summed E-state index contributed by atoms with van der Waals surface area (Å²) in [5, 5.41) is 0. The Morgan fingerprint density at radius 1 is 1.45 bits per heavy atom. The van der Waals surface area contributed by atoms with E-state index in [1.807, 2.05) is 0 Å². The van der Waals surface area contributed by atoms with Crippen LogP contribution in [0.15, 0.2) is 24.3 Å². The molecule has 0 bridgehead atoms. The Morgan fingerprint density at radius 2 is 2.27 bits per heavy atom. The van der Waals surface area contributed by atoms with Crippen molar-refractivity contribution in [1.29, 1.82) is 0 Å². The van der Waals surface area contributed by atoms with E-state index in [4.69, 9.17) is 4.74 Å². The molecule has 1 aromatic carbocycles. The van der Waals surface area contributed by atoms with Crippen molar-refractivity contribution < 1.29 is 4.74 Å². The van der Waals surface area contributed by atoms with Crippen LogP contribution in [0.2, 0.25) is 0 Å². The highest BCUT2D eigenvalue weighted by molar-refractivity contribution is 5.43. The Balaban J connectivity index is 2.18. The van der Waals surface area contributed by atoms with E-state index in [1.165, 1.54) is 11.1 Å². The SMILES string of the molecule is [CH2]C12Cc3ccccc3C1O2. The molecular weight excluding hydrogens is 136 g/mol. The van der Waals surface area contributed by atoms with Crippen molar-refractivity contribution >= 4 is 0 Å². The summed E-state index contributed by atoms with van der Waals surface area (Å²) in [6, 6.07) is 8.44. The lowest BCUT2D eigenvalue weighted by molar-refractivity contribution is 0.317. The molecule has 2 unspecified atom stereocenters. The molecule has 1 radical (unpaired) electrons. The molecule has 1 aromatic rings. The van der Waals surface area contributed by atoms with Crippen molar-refractivity contribution in [3.63, 3.8) is 0 Å². The second-order valence-corrected chi connectivity index (χ2v) is 3.44. The van der Waals surface area contributed by atoms with Gasteiger partial charge in [0.2, 0.25) is 0 Å². The van der Waals surface area contributed by atoms with Crippen LogP contribution < -0.4 is 0 Å². The van der Waals surface area contributed by atoms with Crippen LogP contribution in [0.3, 0.4) is 0 Å². The molecule has 1 saturated heterocycles. The second kappa shape index (κ2) is 1.51. The molecular formula is C10H9O. The van der Waals surface area contributed by atoms with Gasteiger partial charge in [0.15, 0.2) is 0 Å². The van der Waals surface area contributed by atoms with Crippen molar-refractivity contribution in [1.82, 2.24) is 0 Å². The van der Waals surface area contributed by atoms with E-state index < -0.39 is 0 Å². The van der Waals surface area contributed by atoms with Crippen LogP contribution in [-0.2, 0) is 11.2 Å². The monoisotopic (exact) mass is 145 g/mol. The highest BCUT2D eigenvalue weighted by Gasteiger charge is 2.58. The van der Waals surface area contributed by atoms with Crippen LogP contribution in [0.4, 0.5) is 0 Å². The van der Waals surface area contributed by atoms with Gasteiger partial charge in [-0.25, -0.2) is 0 Å². The molecule has 1 heterocycles. The van der Waals surface area contributed by atoms with Crippen molar-refractivity contribution in [3.05, 3.63) is 42.3 Å². The lowest BCUT2D eigenvalue weighted by Crippen LogP contribution is -2.03. The predicted molar refractivity (Wildman–Crippen MR) is 42.1 cm³/mol. The third-order valence-corrected chi connectivity index (χ3v) is 2.60. The Morgan fingerprint density at radius 3 is 3.09 bits per heavy atom. The van der Waals surface area contributed by atoms with Gasteiger partial charge in [-0.1, -0.05) is 24.3 Å². The lowest BCUT2D eigenvalue weighted by Gasteiger charge is -2.00. The van der Waals surface area contributed by atoms with Gasteiger partial charge >= 0.3 is 0 Å². The molecule has 1 aliphatic heterocycles. The fourth-order valence-electron chi connectivity index (χ4n) is 1.96. The summed E-state index contributed by atoms with van der Waals surface area (Å²) in [5.41, 5.74) is 2.69. The number of epoxide rings is 1. The third-order valence-electron chi connectivity index (χ3n) is 2.60. The summed E-state index contributed by atoms with van der Waals surface area (Å²) in [5.74, 6) is 0. The van der Waals surface area contributed by atoms with Crippen LogP contribution in [0.1, 0.15) is 17.2 Å². The topological polar surface area (TPSA) is 12.5 Å². The first-order valence-electron chi connectivity index (χ1n) is 3.91. The van der Waals surface area contributed by atoms with Gasteiger partial charge in [0.1, 0.15) is 11.7 Å². The Hall–Kier alpha value is -0.820. The van der Waals surface area contributed by atoms with Gasteiger partial charge in [0, 0.05) is 6.42 Å². The zero-order chi connectivity index (χ0) is 7.47. The molecule has 0 aromatic heterocycles. The Labute approximate surface area is 66.0 Å². The first-order chi connectivity index (χ1) is 5.30. The minimum Gasteiger partial charge on any atom is -0.361 e. The Bertz CT molecular complexity index is 318. The molecule has 1 heteroatoms. The second-order valence-electron chi connectivity index (χ2n) is 3.44. The van der Waals surface area contributed by atoms with Gasteiger partial charge in [-0.2, -0.15) is 0 Å². The fraction of sp³-hybridized carbons (Fsp3) is 0.300. The van der Waals surface area contributed by atoms with Crippen molar-refractivity contribution in [2.24, 2.45) is 0 Å². The largest absolute Gasteiger partial charge is 0.361 e. The van der Waals surface area contributed by atoms with Gasteiger partial charge < -0.3 is 4.74 Å². The number of fused-ring (bicyclic) bond motifs is 3. The molecule has 1 fully saturated rings. The maximum absolute atomic E-state index is 5.46. The molecule has 0 N–H and O–H groups in total. The van der Waals surface area contributed by atoms with Crippen LogP contribution in [0.5, 0.6) is 0 Å². The summed E-state index contributed by atoms with van der Waals surface area (Å²) < 4.78 is 5.46. The van der Waals surface area contributed by atoms with Gasteiger partial charge in [-0.05, 0) is 18.1 Å². The molecule has 0 amide bonds. The van der Waals surface area contributed by atoms with Crippen LogP contribution in [0.25, 0.3) is 0 Å². The molecule has 2 atom stereocenters. The Kier molecular flexibility index (Phi) is 0.793. The summed E-state index contributed by atoms with van der Waals surface area (Å²) in [7, 11) is 0. The van der Waals surface area contributed by atoms with Gasteiger partial charge in [-0.3, -0.25) is 0 Å². The minimum atomic E-state index is -0.0797. The van der Waals surface area contributed by atoms with Crippen LogP contribution in [0, 0.1) is 6.92 Å². The average molecular weight is 145 g/mol. The summed E-state index contributed by atoms with van der Waals surface area (Å²) >= 11 is 0. The minimum absolute atomic E-state index is 0.0797. The van der Waals surface area contributed by atoms with Gasteiger partial charge in [-0.15, -0.1) is 0 Å². The zero-order valence-corrected chi connectivity index (χ0v) is 6.21. The van der Waals surface area contributed by atoms with E-state index in [0.29, 0.717) is 6.10 Å². The van der Waals surface area contributed by atoms with E-state index in [1.54, 1.807) is 0 Å². The van der Waals surface area contributed by atoms with E-state index in [-0.39, 0.29) is 5.60 Å². The van der Waals surface area contributed by atoms with E-state index in [0.717, 1.165) is 6.42 Å². The molecule has 1 aliphatic carbocycles. The predicted octanol–water partition coefficient (Wildman–Crippen LogP) is 1.89. The molecule has 55 valence electrons. The van der Waals surface area contributed by atoms with Crippen molar-refractivity contribution in [3.8, 4) is 0 Å². The number of hydrogen-bond donors (Lipinski definition) is 0. The maximum atomic E-state index is 5.46. The normalized spacial score (nSPS) is 38.1. The van der Waals surface area contributed by atoms with Crippen LogP contribution >= 0.6 is 0 Å². The lowest BCUT2D eigenvalue weighted by atomic mass is 10.1. The molecule has 11 heavy (non-hydrogen) atoms. The number of ether oxygens (including phenoxy) is 1. The quantitative estimate of drug-likeness (QED) is 0.508. The van der Waals surface area contributed by atoms with E-state index in [2.05, 4.69) is 31.2 Å². The number of rotatable bonds is 0. The summed E-state index contributed by atoms with van der Waals surface area (Å²) in [4.78, 5) is 0. The smallest absolute Gasteiger partial charge is 0.113 e. The highest BCUT2D eigenvalue weighted by Crippen LogP contribution is 2.57. The molecule has 1 nitrogen and oxygen atoms in total. The summed E-state index contributed by atoms with van der Waals surface area (Å²) in [6.45, 7) is 4.04. The van der Waals surface area contributed by atoms with E-state index in [9.17, 15) is 0 Å². The molecule has 0 saturated carbocycles. The van der Waals surface area contributed by atoms with Gasteiger partial charge in [0.25, 0.3) is 0 Å². The van der Waals surface area contributed by atoms with Crippen molar-refractivity contribution in [2.75, 3.05) is 0 Å². The molecule has 2 aliphatic rings. The summed E-state index contributed by atoms with van der Waals surface area (Å²) in [6.07, 6.45) is 1.30. The molecule has 0 spiro atoms. The number of benzene rings is 1. The van der Waals surface area contributed by atoms with Crippen molar-refractivity contribution in [2.45, 2.75) is 18.1 Å². The fourth-order valence-corrected chi connectivity index (χ4v) is 1.96.